The fraction of sp³-hybridized carbons (Fsp3) is 0.200. The number of benzene rings is 2. The number of amides is 1. The number of halogens is 1. The molecule has 126 valence electrons. The minimum Gasteiger partial charge on any atom is -0.356 e. The lowest BCUT2D eigenvalue weighted by atomic mass is 10.00. The molecule has 5 heteroatoms. The summed E-state index contributed by atoms with van der Waals surface area (Å²) in [7, 11) is 0. The summed E-state index contributed by atoms with van der Waals surface area (Å²) in [5.41, 5.74) is 2.85. The standard InChI is InChI=1S/C20H17ClN2O2/c1-13-4-2-3-5-16(13)22-19(24)20(10-11-20)18-12-17(25-23-18)14-6-8-15(21)9-7-14/h2-9,12H,10-11H2,1H3,(H,22,24). The molecule has 2 aromatic carbocycles. The third-order valence-corrected chi connectivity index (χ3v) is 4.96. The number of hydrogen-bond donors (Lipinski definition) is 1. The molecule has 1 aromatic heterocycles. The Morgan fingerprint density at radius 2 is 1.88 bits per heavy atom. The van der Waals surface area contributed by atoms with E-state index in [1.54, 1.807) is 12.1 Å². The molecule has 4 rings (SSSR count). The summed E-state index contributed by atoms with van der Waals surface area (Å²) < 4.78 is 5.47. The Balaban J connectivity index is 1.58. The molecule has 1 amide bonds. The Hall–Kier alpha value is -2.59. The zero-order chi connectivity index (χ0) is 17.4. The number of rotatable bonds is 4. The minimum absolute atomic E-state index is 0.0299. The van der Waals surface area contributed by atoms with E-state index < -0.39 is 5.41 Å². The fourth-order valence-electron chi connectivity index (χ4n) is 2.93. The van der Waals surface area contributed by atoms with E-state index in [0.717, 1.165) is 29.7 Å². The number of para-hydroxylation sites is 1. The highest BCUT2D eigenvalue weighted by molar-refractivity contribution is 6.30. The summed E-state index contributed by atoms with van der Waals surface area (Å²) in [4.78, 5) is 12.8. The predicted octanol–water partition coefficient (Wildman–Crippen LogP) is 4.97. The van der Waals surface area contributed by atoms with E-state index in [-0.39, 0.29) is 5.91 Å². The van der Waals surface area contributed by atoms with Crippen molar-refractivity contribution in [2.24, 2.45) is 0 Å². The van der Waals surface area contributed by atoms with Crippen molar-refractivity contribution < 1.29 is 9.32 Å². The highest BCUT2D eigenvalue weighted by Gasteiger charge is 2.53. The average molecular weight is 353 g/mol. The third-order valence-electron chi connectivity index (χ3n) is 4.71. The quantitative estimate of drug-likeness (QED) is 0.720. The molecule has 0 unspecified atom stereocenters. The topological polar surface area (TPSA) is 55.1 Å². The smallest absolute Gasteiger partial charge is 0.236 e. The number of aromatic nitrogens is 1. The molecule has 0 aliphatic heterocycles. The summed E-state index contributed by atoms with van der Waals surface area (Å²) in [5, 5.41) is 7.86. The molecule has 25 heavy (non-hydrogen) atoms. The van der Waals surface area contributed by atoms with Crippen LogP contribution in [-0.4, -0.2) is 11.1 Å². The van der Waals surface area contributed by atoms with Gasteiger partial charge in [0, 0.05) is 22.3 Å². The van der Waals surface area contributed by atoms with Crippen molar-refractivity contribution in [3.8, 4) is 11.3 Å². The molecular weight excluding hydrogens is 336 g/mol. The Labute approximate surface area is 150 Å². The number of carbonyl (C=O) groups is 1. The van der Waals surface area contributed by atoms with Crippen molar-refractivity contribution >= 4 is 23.2 Å². The van der Waals surface area contributed by atoms with Crippen LogP contribution < -0.4 is 5.32 Å². The van der Waals surface area contributed by atoms with Gasteiger partial charge in [0.1, 0.15) is 0 Å². The fourth-order valence-corrected chi connectivity index (χ4v) is 3.06. The summed E-state index contributed by atoms with van der Waals surface area (Å²) in [5.74, 6) is 0.611. The first kappa shape index (κ1) is 15.9. The van der Waals surface area contributed by atoms with Gasteiger partial charge >= 0.3 is 0 Å². The van der Waals surface area contributed by atoms with Crippen LogP contribution in [0.1, 0.15) is 24.1 Å². The Bertz CT molecular complexity index is 927. The lowest BCUT2D eigenvalue weighted by molar-refractivity contribution is -0.118. The maximum absolute atomic E-state index is 12.8. The van der Waals surface area contributed by atoms with Crippen LogP contribution in [0.3, 0.4) is 0 Å². The van der Waals surface area contributed by atoms with E-state index in [0.29, 0.717) is 16.5 Å². The molecule has 0 atom stereocenters. The van der Waals surface area contributed by atoms with Crippen LogP contribution in [0.25, 0.3) is 11.3 Å². The molecule has 1 heterocycles. The van der Waals surface area contributed by atoms with Gasteiger partial charge in [0.15, 0.2) is 5.76 Å². The summed E-state index contributed by atoms with van der Waals surface area (Å²) in [6.07, 6.45) is 1.55. The first-order valence-corrected chi connectivity index (χ1v) is 8.56. The predicted molar refractivity (Wildman–Crippen MR) is 97.7 cm³/mol. The van der Waals surface area contributed by atoms with Gasteiger partial charge in [0.2, 0.25) is 5.91 Å². The maximum atomic E-state index is 12.8. The monoisotopic (exact) mass is 352 g/mol. The van der Waals surface area contributed by atoms with E-state index in [1.165, 1.54) is 0 Å². The second kappa shape index (κ2) is 6.05. The van der Waals surface area contributed by atoms with Crippen LogP contribution in [0.4, 0.5) is 5.69 Å². The molecular formula is C20H17ClN2O2. The van der Waals surface area contributed by atoms with Gasteiger partial charge in [-0.15, -0.1) is 0 Å². The van der Waals surface area contributed by atoms with Gasteiger partial charge in [-0.05, 0) is 55.7 Å². The maximum Gasteiger partial charge on any atom is 0.236 e. The number of hydrogen-bond acceptors (Lipinski definition) is 3. The van der Waals surface area contributed by atoms with Crippen molar-refractivity contribution in [3.05, 3.63) is 70.9 Å². The Morgan fingerprint density at radius 3 is 2.56 bits per heavy atom. The zero-order valence-electron chi connectivity index (χ0n) is 13.8. The molecule has 1 N–H and O–H groups in total. The summed E-state index contributed by atoms with van der Waals surface area (Å²) >= 11 is 5.92. The van der Waals surface area contributed by atoms with Crippen molar-refractivity contribution in [2.45, 2.75) is 25.2 Å². The minimum atomic E-state index is -0.587. The lowest BCUT2D eigenvalue weighted by Crippen LogP contribution is -2.28. The van der Waals surface area contributed by atoms with Gasteiger partial charge in [-0.3, -0.25) is 4.79 Å². The van der Waals surface area contributed by atoms with Gasteiger partial charge in [0.05, 0.1) is 11.1 Å². The molecule has 1 saturated carbocycles. The second-order valence-electron chi connectivity index (χ2n) is 6.43. The van der Waals surface area contributed by atoms with E-state index >= 15 is 0 Å². The first-order chi connectivity index (χ1) is 12.1. The molecule has 4 nitrogen and oxygen atoms in total. The molecule has 0 radical (unpaired) electrons. The number of nitrogens with zero attached hydrogens (tertiary/aromatic N) is 1. The molecule has 0 spiro atoms. The Kier molecular flexibility index (Phi) is 3.85. The van der Waals surface area contributed by atoms with Crippen LogP contribution in [0, 0.1) is 6.92 Å². The SMILES string of the molecule is Cc1ccccc1NC(=O)C1(c2cc(-c3ccc(Cl)cc3)on2)CC1. The van der Waals surface area contributed by atoms with Crippen molar-refractivity contribution in [2.75, 3.05) is 5.32 Å². The Morgan fingerprint density at radius 1 is 1.16 bits per heavy atom. The van der Waals surface area contributed by atoms with Gasteiger partial charge in [-0.1, -0.05) is 35.0 Å². The van der Waals surface area contributed by atoms with Crippen LogP contribution >= 0.6 is 11.6 Å². The lowest BCUT2D eigenvalue weighted by Gasteiger charge is -2.13. The first-order valence-electron chi connectivity index (χ1n) is 8.19. The highest BCUT2D eigenvalue weighted by Crippen LogP contribution is 2.49. The van der Waals surface area contributed by atoms with Crippen molar-refractivity contribution in [1.82, 2.24) is 5.16 Å². The second-order valence-corrected chi connectivity index (χ2v) is 6.87. The van der Waals surface area contributed by atoms with E-state index in [9.17, 15) is 4.79 Å². The van der Waals surface area contributed by atoms with E-state index in [1.807, 2.05) is 49.4 Å². The third kappa shape index (κ3) is 2.94. The molecule has 1 fully saturated rings. The number of carbonyl (C=O) groups excluding carboxylic acids is 1. The van der Waals surface area contributed by atoms with Gasteiger partial charge in [-0.25, -0.2) is 0 Å². The van der Waals surface area contributed by atoms with E-state index in [2.05, 4.69) is 10.5 Å². The van der Waals surface area contributed by atoms with Crippen molar-refractivity contribution in [3.63, 3.8) is 0 Å². The highest BCUT2D eigenvalue weighted by atomic mass is 35.5. The van der Waals surface area contributed by atoms with Gasteiger partial charge < -0.3 is 9.84 Å². The van der Waals surface area contributed by atoms with E-state index in [4.69, 9.17) is 16.1 Å². The van der Waals surface area contributed by atoms with Gasteiger partial charge in [-0.2, -0.15) is 0 Å². The van der Waals surface area contributed by atoms with Crippen LogP contribution in [0.15, 0.2) is 59.1 Å². The summed E-state index contributed by atoms with van der Waals surface area (Å²) in [6.45, 7) is 1.98. The molecule has 3 aromatic rings. The molecule has 1 aliphatic rings. The van der Waals surface area contributed by atoms with Gasteiger partial charge in [0.25, 0.3) is 0 Å². The average Bonchev–Trinajstić information content (AvgIpc) is 3.28. The largest absolute Gasteiger partial charge is 0.356 e. The number of anilines is 1. The van der Waals surface area contributed by atoms with Crippen molar-refractivity contribution in [1.29, 1.82) is 0 Å². The molecule has 1 aliphatic carbocycles. The van der Waals surface area contributed by atoms with Crippen LogP contribution in [0.2, 0.25) is 5.02 Å². The van der Waals surface area contributed by atoms with Crippen LogP contribution in [0.5, 0.6) is 0 Å². The number of nitrogens with one attached hydrogen (secondary N) is 1. The number of aryl methyl sites for hydroxylation is 1. The summed E-state index contributed by atoms with van der Waals surface area (Å²) in [6, 6.07) is 17.0. The molecule has 0 bridgehead atoms. The molecule has 0 saturated heterocycles. The van der Waals surface area contributed by atoms with Crippen LogP contribution in [-0.2, 0) is 10.2 Å². The normalized spacial score (nSPS) is 15.0. The zero-order valence-corrected chi connectivity index (χ0v) is 14.5.